The van der Waals surface area contributed by atoms with Gasteiger partial charge in [0.15, 0.2) is 0 Å². The summed E-state index contributed by atoms with van der Waals surface area (Å²) in [7, 11) is 0. The van der Waals surface area contributed by atoms with Gasteiger partial charge in [-0.1, -0.05) is 48.5 Å². The van der Waals surface area contributed by atoms with E-state index in [1.165, 1.54) is 72.4 Å². The van der Waals surface area contributed by atoms with Crippen LogP contribution in [0, 0.1) is 0 Å². The second-order valence-electron chi connectivity index (χ2n) is 9.00. The van der Waals surface area contributed by atoms with Gasteiger partial charge < -0.3 is 0 Å². The summed E-state index contributed by atoms with van der Waals surface area (Å²) in [6.07, 6.45) is 0. The molecule has 0 bridgehead atoms. The summed E-state index contributed by atoms with van der Waals surface area (Å²) in [5, 5.41) is 9.85. The van der Waals surface area contributed by atoms with E-state index in [1.54, 1.807) is 0 Å². The molecule has 0 N–H and O–H groups in total. The van der Waals surface area contributed by atoms with Crippen LogP contribution in [0.4, 0.5) is 0 Å². The van der Waals surface area contributed by atoms with Gasteiger partial charge in [0.05, 0.1) is 0 Å². The quantitative estimate of drug-likeness (QED) is 0.213. The third-order valence-corrected chi connectivity index (χ3v) is 11.0. The maximum Gasteiger partial charge on any atom is 0.0356 e. The van der Waals surface area contributed by atoms with Crippen molar-refractivity contribution >= 4 is 85.7 Å². The Hall–Kier alpha value is -3.28. The largest absolute Gasteiger partial charge is 0.144 e. The number of hydrogen-bond donors (Lipinski definition) is 0. The smallest absolute Gasteiger partial charge is 0.0356 e. The Kier molecular flexibility index (Phi) is 4.71. The summed E-state index contributed by atoms with van der Waals surface area (Å²) in [5.41, 5.74) is 5.07. The first-order valence-corrected chi connectivity index (χ1v) is 15.2. The molecule has 0 amide bonds. The molecule has 0 saturated carbocycles. The maximum absolute atomic E-state index is 2.35. The van der Waals surface area contributed by atoms with Crippen LogP contribution in [0.2, 0.25) is 0 Å². The van der Waals surface area contributed by atoms with Crippen LogP contribution in [-0.4, -0.2) is 0 Å². The van der Waals surface area contributed by atoms with Crippen molar-refractivity contribution in [1.82, 2.24) is 0 Å². The minimum Gasteiger partial charge on any atom is -0.144 e. The average Bonchev–Trinajstić information content (AvgIpc) is 3.72. The van der Waals surface area contributed by atoms with E-state index >= 15 is 0 Å². The lowest BCUT2D eigenvalue weighted by Crippen LogP contribution is -1.79. The molecule has 0 nitrogen and oxygen atoms in total. The highest BCUT2D eigenvalue weighted by Gasteiger charge is 2.10. The number of fused-ring (bicyclic) bond motifs is 6. The second-order valence-corrected chi connectivity index (χ2v) is 13.1. The Morgan fingerprint density at radius 2 is 0.722 bits per heavy atom. The highest BCUT2D eigenvalue weighted by atomic mass is 32.1. The van der Waals surface area contributed by atoms with Gasteiger partial charge in [0, 0.05) is 50.1 Å². The Morgan fingerprint density at radius 1 is 0.333 bits per heavy atom. The van der Waals surface area contributed by atoms with Gasteiger partial charge in [-0.3, -0.25) is 0 Å². The van der Waals surface area contributed by atoms with Crippen LogP contribution < -0.4 is 0 Å². The molecular weight excluding hydrogens is 513 g/mol. The van der Waals surface area contributed by atoms with Crippen LogP contribution in [0.1, 0.15) is 0 Å². The summed E-state index contributed by atoms with van der Waals surface area (Å²) >= 11 is 7.39. The zero-order chi connectivity index (χ0) is 23.6. The fourth-order valence-corrected chi connectivity index (χ4v) is 8.83. The van der Waals surface area contributed by atoms with E-state index in [0.717, 1.165) is 0 Å². The average molecular weight is 531 g/mol. The molecule has 0 radical (unpaired) electrons. The summed E-state index contributed by atoms with van der Waals surface area (Å²) < 4.78 is 5.44. The Labute approximate surface area is 224 Å². The second kappa shape index (κ2) is 8.12. The fourth-order valence-electron chi connectivity index (χ4n) is 5.07. The zero-order valence-electron chi connectivity index (χ0n) is 19.0. The van der Waals surface area contributed by atoms with Crippen LogP contribution in [-0.2, 0) is 0 Å². The topological polar surface area (TPSA) is 0 Å². The Morgan fingerprint density at radius 3 is 1.17 bits per heavy atom. The summed E-state index contributed by atoms with van der Waals surface area (Å²) in [6, 6.07) is 36.3. The molecule has 0 aliphatic rings. The molecule has 4 aromatic heterocycles. The lowest BCUT2D eigenvalue weighted by Gasteiger charge is -2.05. The SMILES string of the molecule is c1cc2c(ccc3sc(-c4ccc(-c5ccc(-c6cc7c(ccc8sccc87)s6)cc5)cc4)cc32)s1. The standard InChI is InChI=1S/C32H18S4/c1-5-21(31-17-25-23-13-15-33-27(23)9-11-29(25)35-31)6-2-19(1)20-3-7-22(8-4-20)32-18-26-24-14-16-34-28(24)10-12-30(26)36-32/h1-18H. The molecule has 8 rings (SSSR count). The van der Waals surface area contributed by atoms with Crippen molar-refractivity contribution < 1.29 is 0 Å². The van der Waals surface area contributed by atoms with Gasteiger partial charge in [-0.2, -0.15) is 0 Å². The van der Waals surface area contributed by atoms with Gasteiger partial charge in [-0.05, 0) is 81.5 Å². The monoisotopic (exact) mass is 530 g/mol. The molecule has 0 atom stereocenters. The third-order valence-electron chi connectivity index (χ3n) is 6.94. The van der Waals surface area contributed by atoms with Crippen molar-refractivity contribution in [3.8, 4) is 32.0 Å². The fraction of sp³-hybridized carbons (Fsp3) is 0. The summed E-state index contributed by atoms with van der Waals surface area (Å²) in [4.78, 5) is 2.66. The van der Waals surface area contributed by atoms with Crippen molar-refractivity contribution in [2.24, 2.45) is 0 Å². The molecule has 0 fully saturated rings. The van der Waals surface area contributed by atoms with Gasteiger partial charge in [-0.25, -0.2) is 0 Å². The number of hydrogen-bond acceptors (Lipinski definition) is 4. The van der Waals surface area contributed by atoms with Gasteiger partial charge in [0.25, 0.3) is 0 Å². The summed E-state index contributed by atoms with van der Waals surface area (Å²) in [5.74, 6) is 0. The first kappa shape index (κ1) is 20.9. The number of rotatable bonds is 3. The summed E-state index contributed by atoms with van der Waals surface area (Å²) in [6.45, 7) is 0. The normalized spacial score (nSPS) is 11.9. The van der Waals surface area contributed by atoms with Crippen LogP contribution in [0.3, 0.4) is 0 Å². The van der Waals surface area contributed by atoms with Crippen molar-refractivity contribution in [3.63, 3.8) is 0 Å². The van der Waals surface area contributed by atoms with Crippen molar-refractivity contribution in [2.45, 2.75) is 0 Å². The van der Waals surface area contributed by atoms with Crippen LogP contribution in [0.5, 0.6) is 0 Å². The van der Waals surface area contributed by atoms with Crippen LogP contribution >= 0.6 is 45.3 Å². The van der Waals surface area contributed by atoms with E-state index in [9.17, 15) is 0 Å². The van der Waals surface area contributed by atoms with E-state index in [0.29, 0.717) is 0 Å². The van der Waals surface area contributed by atoms with E-state index < -0.39 is 0 Å². The molecule has 4 heteroatoms. The van der Waals surface area contributed by atoms with Gasteiger partial charge in [0.1, 0.15) is 0 Å². The zero-order valence-corrected chi connectivity index (χ0v) is 22.3. The highest BCUT2D eigenvalue weighted by Crippen LogP contribution is 2.41. The molecule has 4 aromatic carbocycles. The van der Waals surface area contributed by atoms with Crippen molar-refractivity contribution in [3.05, 3.63) is 108 Å². The van der Waals surface area contributed by atoms with E-state index in [4.69, 9.17) is 0 Å². The minimum atomic E-state index is 1.25. The lowest BCUT2D eigenvalue weighted by molar-refractivity contribution is 1.62. The molecule has 0 aliphatic carbocycles. The third kappa shape index (κ3) is 3.30. The van der Waals surface area contributed by atoms with Crippen LogP contribution in [0.15, 0.2) is 108 Å². The maximum atomic E-state index is 2.35. The van der Waals surface area contributed by atoms with E-state index in [-0.39, 0.29) is 0 Å². The number of thiophene rings is 4. The van der Waals surface area contributed by atoms with Gasteiger partial charge in [-0.15, -0.1) is 45.3 Å². The van der Waals surface area contributed by atoms with Crippen LogP contribution in [0.25, 0.3) is 72.4 Å². The Bertz CT molecular complexity index is 1880. The van der Waals surface area contributed by atoms with Crippen molar-refractivity contribution in [1.29, 1.82) is 0 Å². The molecule has 0 aliphatic heterocycles. The van der Waals surface area contributed by atoms with Gasteiger partial charge in [0.2, 0.25) is 0 Å². The molecule has 0 spiro atoms. The lowest BCUT2D eigenvalue weighted by atomic mass is 10.0. The predicted octanol–water partition coefficient (Wildman–Crippen LogP) is 11.5. The molecule has 170 valence electrons. The molecule has 0 unspecified atom stereocenters. The highest BCUT2D eigenvalue weighted by molar-refractivity contribution is 7.23. The van der Waals surface area contributed by atoms with Gasteiger partial charge >= 0.3 is 0 Å². The van der Waals surface area contributed by atoms with E-state index in [2.05, 4.69) is 108 Å². The van der Waals surface area contributed by atoms with Crippen molar-refractivity contribution in [2.75, 3.05) is 0 Å². The molecule has 36 heavy (non-hydrogen) atoms. The van der Waals surface area contributed by atoms with E-state index in [1.807, 2.05) is 45.3 Å². The molecule has 0 saturated heterocycles. The number of benzene rings is 4. The molecular formula is C32H18S4. The minimum absolute atomic E-state index is 1.25. The first-order chi connectivity index (χ1) is 17.8. The predicted molar refractivity (Wildman–Crippen MR) is 164 cm³/mol. The molecule has 4 heterocycles. The molecule has 8 aromatic rings. The Balaban J connectivity index is 1.10. The first-order valence-electron chi connectivity index (χ1n) is 11.8.